The minimum atomic E-state index is -0.328. The van der Waals surface area contributed by atoms with Crippen LogP contribution in [0.3, 0.4) is 0 Å². The first-order chi connectivity index (χ1) is 13.4. The second kappa shape index (κ2) is 7.29. The Morgan fingerprint density at radius 2 is 2.18 bits per heavy atom. The normalized spacial score (nSPS) is 22.6. The van der Waals surface area contributed by atoms with Gasteiger partial charge in [0.1, 0.15) is 11.9 Å². The van der Waals surface area contributed by atoms with Gasteiger partial charge in [-0.2, -0.15) is 5.10 Å². The average Bonchev–Trinajstić information content (AvgIpc) is 3.05. The van der Waals surface area contributed by atoms with Crippen molar-refractivity contribution in [1.29, 1.82) is 0 Å². The fourth-order valence-corrected chi connectivity index (χ4v) is 3.52. The molecule has 2 aliphatic rings. The maximum Gasteiger partial charge on any atom is 0.407 e. The molecular formula is C19H25N5O4. The van der Waals surface area contributed by atoms with E-state index in [2.05, 4.69) is 26.0 Å². The molecule has 1 unspecified atom stereocenters. The van der Waals surface area contributed by atoms with Crippen LogP contribution in [-0.2, 0) is 16.0 Å². The van der Waals surface area contributed by atoms with Crippen molar-refractivity contribution in [1.82, 2.24) is 20.7 Å². The highest BCUT2D eigenvalue weighted by Crippen LogP contribution is 2.37. The Morgan fingerprint density at radius 3 is 2.89 bits per heavy atom. The van der Waals surface area contributed by atoms with E-state index in [-0.39, 0.29) is 36.0 Å². The molecule has 2 atom stereocenters. The first-order valence-corrected chi connectivity index (χ1v) is 9.65. The van der Waals surface area contributed by atoms with Gasteiger partial charge in [-0.05, 0) is 46.0 Å². The van der Waals surface area contributed by atoms with Crippen molar-refractivity contribution in [2.45, 2.75) is 69.9 Å². The van der Waals surface area contributed by atoms with Crippen molar-refractivity contribution in [3.05, 3.63) is 29.3 Å². The number of aryl methyl sites for hydroxylation is 1. The predicted molar refractivity (Wildman–Crippen MR) is 99.8 cm³/mol. The Balaban J connectivity index is 1.26. The zero-order valence-electron chi connectivity index (χ0n) is 16.1. The maximum atomic E-state index is 12.1. The number of aromatic nitrogens is 3. The standard InChI is InChI=1S/C19H25N5O4/c1-11-7-14(28-24-11)9-17(25)20-16-10-15(22-23-16)12-3-4-13(8-12)27-18(26)21-19(2)5-6-19/h7,10,12-13H,3-6,8-9H2,1-2H3,(H,21,26)(H2,20,22,23,25)/t12?,13-/m1/s1. The lowest BCUT2D eigenvalue weighted by Crippen LogP contribution is -2.36. The molecule has 150 valence electrons. The number of nitrogens with one attached hydrogen (secondary N) is 3. The Morgan fingerprint density at radius 1 is 1.36 bits per heavy atom. The van der Waals surface area contributed by atoms with Gasteiger partial charge in [0.2, 0.25) is 5.91 Å². The molecule has 0 spiro atoms. The van der Waals surface area contributed by atoms with E-state index in [0.717, 1.165) is 43.5 Å². The number of amides is 2. The van der Waals surface area contributed by atoms with Gasteiger partial charge in [-0.3, -0.25) is 9.89 Å². The highest BCUT2D eigenvalue weighted by Gasteiger charge is 2.40. The zero-order chi connectivity index (χ0) is 19.7. The molecule has 2 aromatic heterocycles. The molecule has 2 aliphatic carbocycles. The van der Waals surface area contributed by atoms with Crippen LogP contribution in [0.15, 0.2) is 16.7 Å². The van der Waals surface area contributed by atoms with Crippen molar-refractivity contribution < 1.29 is 18.8 Å². The molecule has 2 heterocycles. The van der Waals surface area contributed by atoms with Crippen LogP contribution in [0.1, 0.15) is 62.1 Å². The number of hydrogen-bond donors (Lipinski definition) is 3. The smallest absolute Gasteiger partial charge is 0.407 e. The lowest BCUT2D eigenvalue weighted by Gasteiger charge is -2.16. The summed E-state index contributed by atoms with van der Waals surface area (Å²) in [6.07, 6.45) is 4.17. The van der Waals surface area contributed by atoms with E-state index in [1.54, 1.807) is 13.0 Å². The molecule has 2 amide bonds. The highest BCUT2D eigenvalue weighted by atomic mass is 16.6. The molecular weight excluding hydrogens is 362 g/mol. The van der Waals surface area contributed by atoms with Gasteiger partial charge in [0.25, 0.3) is 0 Å². The third-order valence-electron chi connectivity index (χ3n) is 5.38. The predicted octanol–water partition coefficient (Wildman–Crippen LogP) is 2.80. The molecule has 0 aliphatic heterocycles. The molecule has 0 bridgehead atoms. The van der Waals surface area contributed by atoms with Crippen LogP contribution >= 0.6 is 0 Å². The number of carbonyl (C=O) groups excluding carboxylic acids is 2. The first kappa shape index (κ1) is 18.5. The van der Waals surface area contributed by atoms with Gasteiger partial charge >= 0.3 is 6.09 Å². The highest BCUT2D eigenvalue weighted by molar-refractivity contribution is 5.91. The third kappa shape index (κ3) is 4.52. The van der Waals surface area contributed by atoms with Gasteiger partial charge in [-0.1, -0.05) is 5.16 Å². The van der Waals surface area contributed by atoms with E-state index in [9.17, 15) is 9.59 Å². The molecule has 0 aromatic carbocycles. The molecule has 28 heavy (non-hydrogen) atoms. The van der Waals surface area contributed by atoms with Crippen LogP contribution in [0.5, 0.6) is 0 Å². The fourth-order valence-electron chi connectivity index (χ4n) is 3.52. The quantitative estimate of drug-likeness (QED) is 0.700. The fraction of sp³-hybridized carbons (Fsp3) is 0.579. The zero-order valence-corrected chi connectivity index (χ0v) is 16.1. The largest absolute Gasteiger partial charge is 0.446 e. The molecule has 2 fully saturated rings. The van der Waals surface area contributed by atoms with Crippen molar-refractivity contribution in [2.75, 3.05) is 5.32 Å². The Hall–Kier alpha value is -2.84. The molecule has 9 heteroatoms. The average molecular weight is 387 g/mol. The van der Waals surface area contributed by atoms with Crippen LogP contribution in [0.25, 0.3) is 0 Å². The van der Waals surface area contributed by atoms with E-state index >= 15 is 0 Å². The number of H-pyrrole nitrogens is 1. The van der Waals surface area contributed by atoms with Gasteiger partial charge in [0, 0.05) is 29.3 Å². The van der Waals surface area contributed by atoms with Gasteiger partial charge < -0.3 is 19.9 Å². The first-order valence-electron chi connectivity index (χ1n) is 9.65. The van der Waals surface area contributed by atoms with Crippen molar-refractivity contribution in [3.63, 3.8) is 0 Å². The summed E-state index contributed by atoms with van der Waals surface area (Å²) in [4.78, 5) is 24.1. The SMILES string of the molecule is Cc1cc(CC(=O)Nc2cc(C3CC[C@@H](OC(=O)NC4(C)CC4)C3)[nH]n2)on1. The summed E-state index contributed by atoms with van der Waals surface area (Å²) in [6.45, 7) is 3.83. The molecule has 0 saturated heterocycles. The number of nitrogens with zero attached hydrogens (tertiary/aromatic N) is 2. The van der Waals surface area contributed by atoms with Crippen LogP contribution in [0, 0.1) is 6.92 Å². The number of ether oxygens (including phenoxy) is 1. The van der Waals surface area contributed by atoms with Gasteiger partial charge in [-0.15, -0.1) is 0 Å². The second-order valence-corrected chi connectivity index (χ2v) is 8.09. The van der Waals surface area contributed by atoms with E-state index in [1.165, 1.54) is 0 Å². The van der Waals surface area contributed by atoms with E-state index < -0.39 is 0 Å². The second-order valence-electron chi connectivity index (χ2n) is 8.09. The summed E-state index contributed by atoms with van der Waals surface area (Å²) in [5, 5.41) is 16.6. The lowest BCUT2D eigenvalue weighted by atomic mass is 10.0. The number of rotatable bonds is 6. The van der Waals surface area contributed by atoms with Crippen LogP contribution in [0.4, 0.5) is 10.6 Å². The summed E-state index contributed by atoms with van der Waals surface area (Å²) < 4.78 is 10.6. The molecule has 4 rings (SSSR count). The maximum absolute atomic E-state index is 12.1. The Bertz CT molecular complexity index is 869. The van der Waals surface area contributed by atoms with Crippen LogP contribution in [0.2, 0.25) is 0 Å². The van der Waals surface area contributed by atoms with Crippen molar-refractivity contribution in [3.8, 4) is 0 Å². The summed E-state index contributed by atoms with van der Waals surface area (Å²) in [6, 6.07) is 3.57. The molecule has 9 nitrogen and oxygen atoms in total. The molecule has 2 aromatic rings. The minimum absolute atomic E-state index is 0.0734. The van der Waals surface area contributed by atoms with Crippen molar-refractivity contribution >= 4 is 17.8 Å². The van der Waals surface area contributed by atoms with Gasteiger partial charge in [0.05, 0.1) is 12.1 Å². The molecule has 2 saturated carbocycles. The lowest BCUT2D eigenvalue weighted by molar-refractivity contribution is -0.115. The number of aromatic amines is 1. The third-order valence-corrected chi connectivity index (χ3v) is 5.38. The molecule has 3 N–H and O–H groups in total. The van der Waals surface area contributed by atoms with Crippen LogP contribution in [-0.4, -0.2) is 39.0 Å². The summed E-state index contributed by atoms with van der Waals surface area (Å²) in [7, 11) is 0. The van der Waals surface area contributed by atoms with Crippen LogP contribution < -0.4 is 10.6 Å². The topological polar surface area (TPSA) is 122 Å². The van der Waals surface area contributed by atoms with Crippen molar-refractivity contribution in [2.24, 2.45) is 0 Å². The van der Waals surface area contributed by atoms with E-state index in [0.29, 0.717) is 11.6 Å². The summed E-state index contributed by atoms with van der Waals surface area (Å²) >= 11 is 0. The molecule has 0 radical (unpaired) electrons. The number of anilines is 1. The number of carbonyl (C=O) groups is 2. The monoisotopic (exact) mass is 387 g/mol. The summed E-state index contributed by atoms with van der Waals surface area (Å²) in [5.74, 6) is 0.997. The van der Waals surface area contributed by atoms with E-state index in [1.807, 2.05) is 13.0 Å². The number of alkyl carbamates (subject to hydrolysis) is 1. The summed E-state index contributed by atoms with van der Waals surface area (Å²) in [5.41, 5.74) is 1.60. The minimum Gasteiger partial charge on any atom is -0.446 e. The van der Waals surface area contributed by atoms with Gasteiger partial charge in [-0.25, -0.2) is 4.79 Å². The van der Waals surface area contributed by atoms with Gasteiger partial charge in [0.15, 0.2) is 5.82 Å². The Kier molecular flexibility index (Phi) is 4.82. The Labute approximate surface area is 162 Å². The number of hydrogen-bond acceptors (Lipinski definition) is 6. The van der Waals surface area contributed by atoms with E-state index in [4.69, 9.17) is 9.26 Å².